The largest absolute Gasteiger partial charge is 0.491 e. The molecule has 2 aliphatic heterocycles. The van der Waals surface area contributed by atoms with E-state index in [0.29, 0.717) is 13.0 Å². The third-order valence-corrected chi connectivity index (χ3v) is 2.81. The van der Waals surface area contributed by atoms with Crippen molar-refractivity contribution in [3.05, 3.63) is 23.8 Å². The van der Waals surface area contributed by atoms with Gasteiger partial charge >= 0.3 is 0 Å². The summed E-state index contributed by atoms with van der Waals surface area (Å²) in [5, 5.41) is 2.85. The van der Waals surface area contributed by atoms with Crippen LogP contribution in [0.5, 0.6) is 5.75 Å². The number of fused-ring (bicyclic) bond motifs is 1. The van der Waals surface area contributed by atoms with Crippen molar-refractivity contribution in [2.45, 2.75) is 18.9 Å². The van der Waals surface area contributed by atoms with Crippen LogP contribution in [0.15, 0.2) is 18.2 Å². The number of benzene rings is 1. The van der Waals surface area contributed by atoms with Gasteiger partial charge in [0.05, 0.1) is 6.61 Å². The highest BCUT2D eigenvalue weighted by Gasteiger charge is 2.23. The second-order valence-electron chi connectivity index (χ2n) is 4.13. The van der Waals surface area contributed by atoms with Gasteiger partial charge in [-0.1, -0.05) is 0 Å². The topological polar surface area (TPSA) is 50.9 Å². The maximum atomic E-state index is 11.2. The number of nitrogens with one attached hydrogen (secondary N) is 1. The first-order valence-corrected chi connectivity index (χ1v) is 5.48. The van der Waals surface area contributed by atoms with Crippen molar-refractivity contribution < 1.29 is 14.3 Å². The third-order valence-electron chi connectivity index (χ3n) is 2.81. The molecular formula is C12H13NO3. The quantitative estimate of drug-likeness (QED) is 0.781. The van der Waals surface area contributed by atoms with Crippen LogP contribution >= 0.6 is 0 Å². The second kappa shape index (κ2) is 3.79. The Morgan fingerprint density at radius 1 is 1.44 bits per heavy atom. The summed E-state index contributed by atoms with van der Waals surface area (Å²) >= 11 is 0. The number of rotatable bonds is 3. The van der Waals surface area contributed by atoms with E-state index in [-0.39, 0.29) is 12.0 Å². The lowest BCUT2D eigenvalue weighted by Gasteiger charge is -2.17. The van der Waals surface area contributed by atoms with Crippen molar-refractivity contribution in [2.75, 3.05) is 18.5 Å². The number of epoxide rings is 1. The van der Waals surface area contributed by atoms with Gasteiger partial charge in [-0.15, -0.1) is 0 Å². The van der Waals surface area contributed by atoms with Gasteiger partial charge in [0.2, 0.25) is 5.91 Å². The number of anilines is 1. The summed E-state index contributed by atoms with van der Waals surface area (Å²) < 4.78 is 10.7. The summed E-state index contributed by atoms with van der Waals surface area (Å²) in [4.78, 5) is 11.2. The Bertz CT molecular complexity index is 426. The summed E-state index contributed by atoms with van der Waals surface area (Å²) in [5.74, 6) is 0.943. The van der Waals surface area contributed by atoms with Gasteiger partial charge in [0.1, 0.15) is 18.5 Å². The highest BCUT2D eigenvalue weighted by Crippen LogP contribution is 2.27. The standard InChI is InChI=1S/C12H13NO3/c14-12-4-1-8-5-9(2-3-11(8)13-12)15-6-10-7-16-10/h2-3,5,10H,1,4,6-7H2,(H,13,14)/t10-/m1/s1. The predicted octanol–water partition coefficient (Wildman–Crippen LogP) is 1.35. The first kappa shape index (κ1) is 9.66. The Labute approximate surface area is 93.5 Å². The molecule has 0 bridgehead atoms. The first-order chi connectivity index (χ1) is 7.81. The molecule has 0 aromatic heterocycles. The number of carbonyl (C=O) groups excluding carboxylic acids is 1. The number of ether oxygens (including phenoxy) is 2. The Morgan fingerprint density at radius 2 is 2.31 bits per heavy atom. The Balaban J connectivity index is 1.73. The summed E-state index contributed by atoms with van der Waals surface area (Å²) in [5.41, 5.74) is 2.06. The van der Waals surface area contributed by atoms with E-state index in [1.807, 2.05) is 18.2 Å². The van der Waals surface area contributed by atoms with Crippen molar-refractivity contribution in [3.63, 3.8) is 0 Å². The van der Waals surface area contributed by atoms with E-state index >= 15 is 0 Å². The molecule has 1 amide bonds. The maximum Gasteiger partial charge on any atom is 0.224 e. The Hall–Kier alpha value is -1.55. The highest BCUT2D eigenvalue weighted by atomic mass is 16.6. The van der Waals surface area contributed by atoms with Gasteiger partial charge in [-0.05, 0) is 30.2 Å². The lowest BCUT2D eigenvalue weighted by atomic mass is 10.0. The smallest absolute Gasteiger partial charge is 0.224 e. The summed E-state index contributed by atoms with van der Waals surface area (Å²) in [6.07, 6.45) is 1.62. The molecule has 0 radical (unpaired) electrons. The average molecular weight is 219 g/mol. The highest BCUT2D eigenvalue weighted by molar-refractivity contribution is 5.93. The van der Waals surface area contributed by atoms with E-state index in [0.717, 1.165) is 30.0 Å². The van der Waals surface area contributed by atoms with Crippen LogP contribution in [0.2, 0.25) is 0 Å². The molecule has 1 aromatic rings. The van der Waals surface area contributed by atoms with E-state index in [2.05, 4.69) is 5.32 Å². The zero-order valence-corrected chi connectivity index (χ0v) is 8.86. The fourth-order valence-corrected chi connectivity index (χ4v) is 1.80. The van der Waals surface area contributed by atoms with Crippen molar-refractivity contribution >= 4 is 11.6 Å². The lowest BCUT2D eigenvalue weighted by molar-refractivity contribution is -0.116. The van der Waals surface area contributed by atoms with Gasteiger partial charge in [0, 0.05) is 12.1 Å². The lowest BCUT2D eigenvalue weighted by Crippen LogP contribution is -2.18. The number of hydrogen-bond donors (Lipinski definition) is 1. The van der Waals surface area contributed by atoms with Gasteiger partial charge in [-0.3, -0.25) is 4.79 Å². The molecule has 4 heteroatoms. The van der Waals surface area contributed by atoms with Crippen LogP contribution in [0.4, 0.5) is 5.69 Å². The third kappa shape index (κ3) is 2.02. The molecule has 3 rings (SSSR count). The van der Waals surface area contributed by atoms with Crippen molar-refractivity contribution in [1.29, 1.82) is 0 Å². The normalized spacial score (nSPS) is 22.2. The monoisotopic (exact) mass is 219 g/mol. The van der Waals surface area contributed by atoms with Gasteiger partial charge < -0.3 is 14.8 Å². The van der Waals surface area contributed by atoms with E-state index < -0.39 is 0 Å². The molecule has 0 aliphatic carbocycles. The molecule has 1 N–H and O–H groups in total. The molecule has 4 nitrogen and oxygen atoms in total. The van der Waals surface area contributed by atoms with E-state index in [1.54, 1.807) is 0 Å². The van der Waals surface area contributed by atoms with Gasteiger partial charge in [0.15, 0.2) is 0 Å². The second-order valence-corrected chi connectivity index (χ2v) is 4.13. The SMILES string of the molecule is O=C1CCc2cc(OC[C@@H]3CO3)ccc2N1. The molecule has 0 spiro atoms. The van der Waals surface area contributed by atoms with E-state index in [4.69, 9.17) is 9.47 Å². The Kier molecular flexibility index (Phi) is 2.29. The molecule has 1 saturated heterocycles. The van der Waals surface area contributed by atoms with Crippen LogP contribution in [-0.2, 0) is 16.0 Å². The number of hydrogen-bond acceptors (Lipinski definition) is 3. The molecule has 0 saturated carbocycles. The van der Waals surface area contributed by atoms with Gasteiger partial charge in [0.25, 0.3) is 0 Å². The van der Waals surface area contributed by atoms with E-state index in [9.17, 15) is 4.79 Å². The van der Waals surface area contributed by atoms with E-state index in [1.165, 1.54) is 0 Å². The molecule has 0 unspecified atom stereocenters. The molecule has 1 fully saturated rings. The first-order valence-electron chi connectivity index (χ1n) is 5.48. The minimum Gasteiger partial charge on any atom is -0.491 e. The summed E-state index contributed by atoms with van der Waals surface area (Å²) in [6.45, 7) is 1.42. The van der Waals surface area contributed by atoms with Crippen molar-refractivity contribution in [2.24, 2.45) is 0 Å². The summed E-state index contributed by atoms with van der Waals surface area (Å²) in [7, 11) is 0. The van der Waals surface area contributed by atoms with Gasteiger partial charge in [-0.2, -0.15) is 0 Å². The maximum absolute atomic E-state index is 11.2. The minimum absolute atomic E-state index is 0.0903. The molecule has 84 valence electrons. The van der Waals surface area contributed by atoms with Crippen LogP contribution in [0.25, 0.3) is 0 Å². The van der Waals surface area contributed by atoms with Crippen LogP contribution < -0.4 is 10.1 Å². The van der Waals surface area contributed by atoms with Crippen molar-refractivity contribution in [1.82, 2.24) is 0 Å². The van der Waals surface area contributed by atoms with Crippen LogP contribution in [0.1, 0.15) is 12.0 Å². The molecule has 1 aromatic carbocycles. The molecule has 2 heterocycles. The zero-order valence-electron chi connectivity index (χ0n) is 8.86. The van der Waals surface area contributed by atoms with Crippen LogP contribution in [0, 0.1) is 0 Å². The van der Waals surface area contributed by atoms with Gasteiger partial charge in [-0.25, -0.2) is 0 Å². The average Bonchev–Trinajstić information content (AvgIpc) is 3.10. The molecule has 1 atom stereocenters. The zero-order chi connectivity index (χ0) is 11.0. The fraction of sp³-hybridized carbons (Fsp3) is 0.417. The fourth-order valence-electron chi connectivity index (χ4n) is 1.80. The number of amides is 1. The molecular weight excluding hydrogens is 206 g/mol. The number of carbonyl (C=O) groups is 1. The number of aryl methyl sites for hydroxylation is 1. The van der Waals surface area contributed by atoms with Crippen LogP contribution in [-0.4, -0.2) is 25.2 Å². The summed E-state index contributed by atoms with van der Waals surface area (Å²) in [6, 6.07) is 5.78. The molecule has 16 heavy (non-hydrogen) atoms. The van der Waals surface area contributed by atoms with Crippen molar-refractivity contribution in [3.8, 4) is 5.75 Å². The predicted molar refractivity (Wildman–Crippen MR) is 58.6 cm³/mol. The molecule has 2 aliphatic rings. The van der Waals surface area contributed by atoms with Crippen LogP contribution in [0.3, 0.4) is 0 Å². The minimum atomic E-state index is 0.0903. The Morgan fingerprint density at radius 3 is 3.12 bits per heavy atom.